The van der Waals surface area contributed by atoms with Crippen LogP contribution in [0.2, 0.25) is 0 Å². The van der Waals surface area contributed by atoms with Gasteiger partial charge in [0.1, 0.15) is 11.4 Å². The van der Waals surface area contributed by atoms with Crippen LogP contribution in [0.25, 0.3) is 0 Å². The van der Waals surface area contributed by atoms with Crippen LogP contribution in [0, 0.1) is 0 Å². The van der Waals surface area contributed by atoms with E-state index in [2.05, 4.69) is 20.9 Å². The Kier molecular flexibility index (Phi) is 12.8. The summed E-state index contributed by atoms with van der Waals surface area (Å²) in [5.41, 5.74) is 1.32. The molecule has 1 amide bonds. The normalized spacial score (nSPS) is 11.4. The predicted octanol–water partition coefficient (Wildman–Crippen LogP) is 4.21. The summed E-state index contributed by atoms with van der Waals surface area (Å²) in [4.78, 5) is 16.4. The van der Waals surface area contributed by atoms with Gasteiger partial charge < -0.3 is 24.5 Å². The number of nitrogens with one attached hydrogen (secondary N) is 3. The number of anilines is 1. The van der Waals surface area contributed by atoms with Crippen molar-refractivity contribution in [1.82, 2.24) is 10.6 Å². The number of carbonyl (C=O) groups excluding carboxylic acids is 1. The average Bonchev–Trinajstić information content (AvgIpc) is 3.21. The van der Waals surface area contributed by atoms with Crippen LogP contribution < -0.4 is 16.0 Å². The third-order valence-electron chi connectivity index (χ3n) is 4.11. The molecule has 9 heteroatoms. The van der Waals surface area contributed by atoms with Crippen LogP contribution in [0.4, 0.5) is 10.5 Å². The Balaban J connectivity index is 0.00000512. The molecule has 0 spiro atoms. The fraction of sp³-hybridized carbons (Fsp3) is 0.478. The minimum absolute atomic E-state index is 0. The van der Waals surface area contributed by atoms with E-state index < -0.39 is 11.7 Å². The average molecular weight is 558 g/mol. The van der Waals surface area contributed by atoms with Gasteiger partial charge in [0, 0.05) is 32.3 Å². The highest BCUT2D eigenvalue weighted by Crippen LogP contribution is 2.13. The number of rotatable bonds is 10. The molecule has 3 N–H and O–H groups in total. The Morgan fingerprint density at radius 1 is 1.06 bits per heavy atom. The van der Waals surface area contributed by atoms with E-state index in [1.807, 2.05) is 57.2 Å². The van der Waals surface area contributed by atoms with Crippen molar-refractivity contribution in [3.63, 3.8) is 0 Å². The van der Waals surface area contributed by atoms with E-state index in [4.69, 9.17) is 13.9 Å². The number of hydrogen-bond donors (Lipinski definition) is 3. The van der Waals surface area contributed by atoms with E-state index in [9.17, 15) is 4.79 Å². The van der Waals surface area contributed by atoms with Gasteiger partial charge in [0.2, 0.25) is 0 Å². The van der Waals surface area contributed by atoms with Gasteiger partial charge in [0.25, 0.3) is 0 Å². The molecule has 178 valence electrons. The maximum absolute atomic E-state index is 11.9. The highest BCUT2D eigenvalue weighted by Gasteiger charge is 2.16. The molecule has 32 heavy (non-hydrogen) atoms. The van der Waals surface area contributed by atoms with E-state index in [1.54, 1.807) is 13.4 Å². The summed E-state index contributed by atoms with van der Waals surface area (Å²) in [6.07, 6.45) is 2.81. The van der Waals surface area contributed by atoms with E-state index in [0.717, 1.165) is 43.2 Å². The van der Waals surface area contributed by atoms with Gasteiger partial charge in [-0.25, -0.2) is 4.79 Å². The second-order valence-corrected chi connectivity index (χ2v) is 7.98. The van der Waals surface area contributed by atoms with Crippen LogP contribution in [0.3, 0.4) is 0 Å². The van der Waals surface area contributed by atoms with Crippen LogP contribution in [0.15, 0.2) is 52.1 Å². The highest BCUT2D eigenvalue weighted by molar-refractivity contribution is 14.0. The first-order chi connectivity index (χ1) is 14.9. The van der Waals surface area contributed by atoms with Crippen LogP contribution >= 0.6 is 24.0 Å². The Bertz CT molecular complexity index is 802. The van der Waals surface area contributed by atoms with Gasteiger partial charge in [0.15, 0.2) is 5.96 Å². The molecule has 8 nitrogen and oxygen atoms in total. The molecule has 0 fully saturated rings. The zero-order chi connectivity index (χ0) is 22.5. The quantitative estimate of drug-likeness (QED) is 0.175. The second-order valence-electron chi connectivity index (χ2n) is 7.98. The SMILES string of the molecule is COCCN=C(NCCc1ccc(NC(=O)OC(C)(C)C)cc1)NCCc1ccco1.I. The topological polar surface area (TPSA) is 97.1 Å². The summed E-state index contributed by atoms with van der Waals surface area (Å²) in [5, 5.41) is 9.40. The van der Waals surface area contributed by atoms with Crippen molar-refractivity contribution in [2.45, 2.75) is 39.2 Å². The first-order valence-corrected chi connectivity index (χ1v) is 10.5. The van der Waals surface area contributed by atoms with Crippen LogP contribution in [-0.4, -0.2) is 51.0 Å². The molecule has 0 saturated heterocycles. The molecular weight excluding hydrogens is 523 g/mol. The Morgan fingerprint density at radius 3 is 2.34 bits per heavy atom. The van der Waals surface area contributed by atoms with Gasteiger partial charge >= 0.3 is 6.09 Å². The van der Waals surface area contributed by atoms with E-state index >= 15 is 0 Å². The molecule has 1 heterocycles. The molecule has 0 saturated carbocycles. The van der Waals surface area contributed by atoms with Crippen molar-refractivity contribution in [1.29, 1.82) is 0 Å². The Hall–Kier alpha value is -2.27. The predicted molar refractivity (Wildman–Crippen MR) is 138 cm³/mol. The monoisotopic (exact) mass is 558 g/mol. The minimum atomic E-state index is -0.524. The summed E-state index contributed by atoms with van der Waals surface area (Å²) < 4.78 is 15.7. The maximum Gasteiger partial charge on any atom is 0.412 e. The van der Waals surface area contributed by atoms with Gasteiger partial charge in [-0.2, -0.15) is 0 Å². The summed E-state index contributed by atoms with van der Waals surface area (Å²) >= 11 is 0. The van der Waals surface area contributed by atoms with Crippen molar-refractivity contribution in [2.75, 3.05) is 38.7 Å². The van der Waals surface area contributed by atoms with Crippen LogP contribution in [0.1, 0.15) is 32.1 Å². The van der Waals surface area contributed by atoms with Crippen molar-refractivity contribution in [3.05, 3.63) is 54.0 Å². The van der Waals surface area contributed by atoms with E-state index in [0.29, 0.717) is 18.8 Å². The lowest BCUT2D eigenvalue weighted by atomic mass is 10.1. The number of methoxy groups -OCH3 is 1. The molecule has 0 aliphatic heterocycles. The molecule has 0 aliphatic carbocycles. The summed E-state index contributed by atoms with van der Waals surface area (Å²) in [5.74, 6) is 1.68. The number of furan rings is 1. The largest absolute Gasteiger partial charge is 0.469 e. The van der Waals surface area contributed by atoms with Crippen molar-refractivity contribution in [3.8, 4) is 0 Å². The number of benzene rings is 1. The summed E-state index contributed by atoms with van der Waals surface area (Å²) in [6.45, 7) is 8.09. The number of guanidine groups is 1. The van der Waals surface area contributed by atoms with Gasteiger partial charge in [-0.05, 0) is 57.0 Å². The highest BCUT2D eigenvalue weighted by atomic mass is 127. The van der Waals surface area contributed by atoms with Crippen molar-refractivity contribution >= 4 is 41.7 Å². The summed E-state index contributed by atoms with van der Waals surface area (Å²) in [6, 6.07) is 11.6. The molecule has 0 unspecified atom stereocenters. The zero-order valence-electron chi connectivity index (χ0n) is 19.3. The number of aliphatic imine (C=N–C) groups is 1. The lowest BCUT2D eigenvalue weighted by Crippen LogP contribution is -2.39. The number of carbonyl (C=O) groups is 1. The third kappa shape index (κ3) is 11.9. The molecule has 2 aromatic rings. The van der Waals surface area contributed by atoms with Crippen LogP contribution in [0.5, 0.6) is 0 Å². The fourth-order valence-electron chi connectivity index (χ4n) is 2.68. The molecule has 2 rings (SSSR count). The molecule has 0 aliphatic rings. The first kappa shape index (κ1) is 27.8. The van der Waals surface area contributed by atoms with Crippen molar-refractivity contribution < 1.29 is 18.7 Å². The fourth-order valence-corrected chi connectivity index (χ4v) is 2.68. The Labute approximate surface area is 207 Å². The number of hydrogen-bond acceptors (Lipinski definition) is 5. The van der Waals surface area contributed by atoms with Crippen LogP contribution in [-0.2, 0) is 22.3 Å². The van der Waals surface area contributed by atoms with E-state index in [1.165, 1.54) is 0 Å². The van der Waals surface area contributed by atoms with Gasteiger partial charge in [0.05, 0.1) is 19.4 Å². The first-order valence-electron chi connectivity index (χ1n) is 10.5. The lowest BCUT2D eigenvalue weighted by molar-refractivity contribution is 0.0636. The molecule has 0 atom stereocenters. The zero-order valence-corrected chi connectivity index (χ0v) is 21.6. The molecular formula is C23H35IN4O4. The minimum Gasteiger partial charge on any atom is -0.469 e. The second kappa shape index (κ2) is 14.7. The maximum atomic E-state index is 11.9. The molecule has 1 aromatic heterocycles. The molecule has 0 radical (unpaired) electrons. The van der Waals surface area contributed by atoms with E-state index in [-0.39, 0.29) is 24.0 Å². The smallest absolute Gasteiger partial charge is 0.412 e. The van der Waals surface area contributed by atoms with Crippen molar-refractivity contribution in [2.24, 2.45) is 4.99 Å². The van der Waals surface area contributed by atoms with Gasteiger partial charge in [-0.3, -0.25) is 10.3 Å². The standard InChI is InChI=1S/C23H34N4O4.HI/c1-23(2,3)31-22(28)27-19-9-7-18(8-10-19)11-13-24-21(26-15-17-29-4)25-14-12-20-6-5-16-30-20;/h5-10,16H,11-15,17H2,1-4H3,(H,27,28)(H2,24,25,26);1H. The number of halogens is 1. The molecule has 0 bridgehead atoms. The number of nitrogens with zero attached hydrogens (tertiary/aromatic N) is 1. The third-order valence-corrected chi connectivity index (χ3v) is 4.11. The Morgan fingerprint density at radius 2 is 1.75 bits per heavy atom. The van der Waals surface area contributed by atoms with Gasteiger partial charge in [-0.1, -0.05) is 12.1 Å². The van der Waals surface area contributed by atoms with Gasteiger partial charge in [-0.15, -0.1) is 24.0 Å². The number of ether oxygens (including phenoxy) is 2. The number of amides is 1. The molecule has 1 aromatic carbocycles. The lowest BCUT2D eigenvalue weighted by Gasteiger charge is -2.19. The summed E-state index contributed by atoms with van der Waals surface area (Å²) in [7, 11) is 1.66.